The van der Waals surface area contributed by atoms with Crippen molar-refractivity contribution < 1.29 is 9.94 Å². The molecule has 0 saturated heterocycles. The first-order chi connectivity index (χ1) is 9.51. The van der Waals surface area contributed by atoms with E-state index in [-0.39, 0.29) is 5.84 Å². The number of oxime groups is 1. The number of nitrogens with two attached hydrogens (primary N) is 1. The molecule has 0 aliphatic heterocycles. The minimum absolute atomic E-state index is 0.0613. The Morgan fingerprint density at radius 3 is 2.75 bits per heavy atom. The standard InChI is InChI=1S/C14H18N4O2/c1-9-4-5-11(14(15)17-19)7-13(9)20-8-12-6-10(2)16-18(12)3/h4-7,19H,8H2,1-3H3,(H2,15,17). The van der Waals surface area contributed by atoms with Crippen LogP contribution in [-0.2, 0) is 13.7 Å². The van der Waals surface area contributed by atoms with Gasteiger partial charge in [0.05, 0.1) is 11.4 Å². The predicted octanol–water partition coefficient (Wildman–Crippen LogP) is 1.71. The van der Waals surface area contributed by atoms with E-state index in [1.54, 1.807) is 16.8 Å². The van der Waals surface area contributed by atoms with Gasteiger partial charge in [0.1, 0.15) is 12.4 Å². The topological polar surface area (TPSA) is 85.7 Å². The Kier molecular flexibility index (Phi) is 3.93. The maximum Gasteiger partial charge on any atom is 0.170 e. The van der Waals surface area contributed by atoms with Crippen LogP contribution in [0.1, 0.15) is 22.5 Å². The highest BCUT2D eigenvalue weighted by Gasteiger charge is 2.07. The third kappa shape index (κ3) is 2.90. The molecule has 20 heavy (non-hydrogen) atoms. The summed E-state index contributed by atoms with van der Waals surface area (Å²) in [7, 11) is 1.88. The molecule has 6 heteroatoms. The zero-order valence-electron chi connectivity index (χ0n) is 11.8. The number of ether oxygens (including phenoxy) is 1. The summed E-state index contributed by atoms with van der Waals surface area (Å²) in [5.74, 6) is 0.763. The van der Waals surface area contributed by atoms with Crippen LogP contribution in [-0.4, -0.2) is 20.8 Å². The molecular weight excluding hydrogens is 256 g/mol. The average molecular weight is 274 g/mol. The highest BCUT2D eigenvalue weighted by atomic mass is 16.5. The first-order valence-corrected chi connectivity index (χ1v) is 6.22. The van der Waals surface area contributed by atoms with Gasteiger partial charge >= 0.3 is 0 Å². The van der Waals surface area contributed by atoms with Crippen LogP contribution < -0.4 is 10.5 Å². The van der Waals surface area contributed by atoms with Gasteiger partial charge in [-0.3, -0.25) is 4.68 Å². The minimum Gasteiger partial charge on any atom is -0.487 e. The Morgan fingerprint density at radius 2 is 2.15 bits per heavy atom. The fourth-order valence-electron chi connectivity index (χ4n) is 1.92. The SMILES string of the molecule is Cc1cc(COc2cc(/C(N)=N/O)ccc2C)n(C)n1. The molecule has 0 saturated carbocycles. The summed E-state index contributed by atoms with van der Waals surface area (Å²) >= 11 is 0. The molecule has 6 nitrogen and oxygen atoms in total. The molecule has 0 unspecified atom stereocenters. The number of hydrogen-bond acceptors (Lipinski definition) is 4. The Labute approximate surface area is 117 Å². The molecule has 2 aromatic rings. The van der Waals surface area contributed by atoms with Crippen LogP contribution in [0.15, 0.2) is 29.4 Å². The molecule has 3 N–H and O–H groups in total. The molecule has 0 atom stereocenters. The number of aryl methyl sites for hydroxylation is 3. The van der Waals surface area contributed by atoms with Crippen molar-refractivity contribution in [2.75, 3.05) is 0 Å². The number of amidine groups is 1. The molecule has 0 spiro atoms. The first kappa shape index (κ1) is 13.9. The van der Waals surface area contributed by atoms with E-state index in [1.165, 1.54) is 0 Å². The highest BCUT2D eigenvalue weighted by molar-refractivity contribution is 5.97. The number of rotatable bonds is 4. The third-order valence-corrected chi connectivity index (χ3v) is 3.07. The molecule has 0 fully saturated rings. The summed E-state index contributed by atoms with van der Waals surface area (Å²) in [6.07, 6.45) is 0. The van der Waals surface area contributed by atoms with Gasteiger partial charge in [-0.15, -0.1) is 0 Å². The quantitative estimate of drug-likeness (QED) is 0.384. The van der Waals surface area contributed by atoms with Gasteiger partial charge in [-0.2, -0.15) is 5.10 Å². The number of nitrogens with zero attached hydrogens (tertiary/aromatic N) is 3. The fourth-order valence-corrected chi connectivity index (χ4v) is 1.92. The van der Waals surface area contributed by atoms with Gasteiger partial charge in [-0.05, 0) is 31.5 Å². The predicted molar refractivity (Wildman–Crippen MR) is 76.0 cm³/mol. The molecule has 0 aliphatic rings. The van der Waals surface area contributed by atoms with Crippen LogP contribution in [0.3, 0.4) is 0 Å². The fraction of sp³-hybridized carbons (Fsp3) is 0.286. The van der Waals surface area contributed by atoms with Crippen molar-refractivity contribution in [3.63, 3.8) is 0 Å². The van der Waals surface area contributed by atoms with E-state index in [9.17, 15) is 0 Å². The van der Waals surface area contributed by atoms with Crippen molar-refractivity contribution in [2.24, 2.45) is 17.9 Å². The van der Waals surface area contributed by atoms with Gasteiger partial charge in [0.25, 0.3) is 0 Å². The minimum atomic E-state index is 0.0613. The Bertz CT molecular complexity index is 647. The smallest absolute Gasteiger partial charge is 0.170 e. The van der Waals surface area contributed by atoms with Crippen LogP contribution in [0.5, 0.6) is 5.75 Å². The van der Waals surface area contributed by atoms with Crippen LogP contribution in [0.2, 0.25) is 0 Å². The van der Waals surface area contributed by atoms with Crippen LogP contribution in [0.25, 0.3) is 0 Å². The lowest BCUT2D eigenvalue weighted by Gasteiger charge is -2.10. The first-order valence-electron chi connectivity index (χ1n) is 6.22. The van der Waals surface area contributed by atoms with Gasteiger partial charge in [-0.25, -0.2) is 0 Å². The molecule has 2 rings (SSSR count). The summed E-state index contributed by atoms with van der Waals surface area (Å²) < 4.78 is 7.59. The molecular formula is C14H18N4O2. The molecule has 0 bridgehead atoms. The lowest BCUT2D eigenvalue weighted by atomic mass is 10.1. The maximum atomic E-state index is 8.71. The molecule has 1 heterocycles. The van der Waals surface area contributed by atoms with Crippen LogP contribution in [0, 0.1) is 13.8 Å². The number of benzene rings is 1. The van der Waals surface area contributed by atoms with Gasteiger partial charge in [-0.1, -0.05) is 17.3 Å². The van der Waals surface area contributed by atoms with E-state index in [2.05, 4.69) is 10.3 Å². The zero-order valence-corrected chi connectivity index (χ0v) is 11.8. The Hall–Kier alpha value is -2.50. The van der Waals surface area contributed by atoms with E-state index < -0.39 is 0 Å². The molecule has 106 valence electrons. The van der Waals surface area contributed by atoms with Crippen molar-refractivity contribution in [1.82, 2.24) is 9.78 Å². The average Bonchev–Trinajstić information content (AvgIpc) is 2.75. The lowest BCUT2D eigenvalue weighted by Crippen LogP contribution is -2.13. The van der Waals surface area contributed by atoms with Crippen molar-refractivity contribution in [3.05, 3.63) is 46.8 Å². The summed E-state index contributed by atoms with van der Waals surface area (Å²) in [6, 6.07) is 7.39. The largest absolute Gasteiger partial charge is 0.487 e. The van der Waals surface area contributed by atoms with Gasteiger partial charge < -0.3 is 15.7 Å². The van der Waals surface area contributed by atoms with Crippen LogP contribution in [0.4, 0.5) is 0 Å². The van der Waals surface area contributed by atoms with E-state index in [0.717, 1.165) is 17.0 Å². The molecule has 0 amide bonds. The second kappa shape index (κ2) is 5.64. The van der Waals surface area contributed by atoms with Gasteiger partial charge in [0.15, 0.2) is 5.84 Å². The van der Waals surface area contributed by atoms with Crippen molar-refractivity contribution >= 4 is 5.84 Å². The second-order valence-corrected chi connectivity index (χ2v) is 4.65. The molecule has 0 radical (unpaired) electrons. The summed E-state index contributed by atoms with van der Waals surface area (Å²) in [6.45, 7) is 4.30. The summed E-state index contributed by atoms with van der Waals surface area (Å²) in [4.78, 5) is 0. The Morgan fingerprint density at radius 1 is 1.40 bits per heavy atom. The monoisotopic (exact) mass is 274 g/mol. The zero-order chi connectivity index (χ0) is 14.7. The number of aromatic nitrogens is 2. The highest BCUT2D eigenvalue weighted by Crippen LogP contribution is 2.21. The maximum absolute atomic E-state index is 8.71. The Balaban J connectivity index is 2.18. The van der Waals surface area contributed by atoms with Crippen molar-refractivity contribution in [2.45, 2.75) is 20.5 Å². The lowest BCUT2D eigenvalue weighted by molar-refractivity contribution is 0.293. The molecule has 1 aromatic carbocycles. The summed E-state index contributed by atoms with van der Waals surface area (Å²) in [5, 5.41) is 16.0. The second-order valence-electron chi connectivity index (χ2n) is 4.65. The third-order valence-electron chi connectivity index (χ3n) is 3.07. The van der Waals surface area contributed by atoms with E-state index in [1.807, 2.05) is 33.0 Å². The van der Waals surface area contributed by atoms with E-state index in [4.69, 9.17) is 15.7 Å². The van der Waals surface area contributed by atoms with Gasteiger partial charge in [0.2, 0.25) is 0 Å². The van der Waals surface area contributed by atoms with Crippen molar-refractivity contribution in [1.29, 1.82) is 0 Å². The molecule has 0 aliphatic carbocycles. The van der Waals surface area contributed by atoms with Gasteiger partial charge in [0, 0.05) is 12.6 Å². The number of hydrogen-bond donors (Lipinski definition) is 2. The van der Waals surface area contributed by atoms with Crippen molar-refractivity contribution in [3.8, 4) is 5.75 Å². The molecule has 1 aromatic heterocycles. The van der Waals surface area contributed by atoms with E-state index >= 15 is 0 Å². The summed E-state index contributed by atoms with van der Waals surface area (Å²) in [5.41, 5.74) is 9.12. The normalized spacial score (nSPS) is 11.7. The van der Waals surface area contributed by atoms with E-state index in [0.29, 0.717) is 17.9 Å². The van der Waals surface area contributed by atoms with Crippen LogP contribution >= 0.6 is 0 Å².